The number of hydrogen-bond donors (Lipinski definition) is 1. The van der Waals surface area contributed by atoms with Crippen LogP contribution in [0.5, 0.6) is 0 Å². The maximum absolute atomic E-state index is 9.10. The normalized spacial score (nSPS) is 21.8. The van der Waals surface area contributed by atoms with Crippen molar-refractivity contribution in [2.24, 2.45) is 0 Å². The fourth-order valence-corrected chi connectivity index (χ4v) is 1.30. The smallest absolute Gasteiger partial charge is 0.563 e. The molecular formula is C8H16KNO. The van der Waals surface area contributed by atoms with Gasteiger partial charge in [-0.2, -0.15) is 6.10 Å². The predicted octanol–water partition coefficient (Wildman–Crippen LogP) is -1.60. The molecule has 1 rings (SSSR count). The summed E-state index contributed by atoms with van der Waals surface area (Å²) in [6.07, 6.45) is 2.42. The summed E-state index contributed by atoms with van der Waals surface area (Å²) in [4.78, 5) is 2.39. The summed E-state index contributed by atoms with van der Waals surface area (Å²) < 4.78 is 0. The topological polar surface area (TPSA) is 23.5 Å². The van der Waals surface area contributed by atoms with Crippen molar-refractivity contribution in [1.29, 1.82) is 0 Å². The summed E-state index contributed by atoms with van der Waals surface area (Å²) in [6, 6.07) is 0.633. The van der Waals surface area contributed by atoms with Crippen LogP contribution >= 0.6 is 0 Å². The van der Waals surface area contributed by atoms with Crippen molar-refractivity contribution in [1.82, 2.24) is 4.90 Å². The molecule has 0 unspecified atom stereocenters. The summed E-state index contributed by atoms with van der Waals surface area (Å²) in [7, 11) is 0. The van der Waals surface area contributed by atoms with Crippen molar-refractivity contribution in [2.75, 3.05) is 13.1 Å². The van der Waals surface area contributed by atoms with E-state index in [-0.39, 0.29) is 51.4 Å². The first-order valence-electron chi connectivity index (χ1n) is 3.98. The second-order valence-electron chi connectivity index (χ2n) is 3.20. The van der Waals surface area contributed by atoms with Crippen LogP contribution in [0.2, 0.25) is 0 Å². The van der Waals surface area contributed by atoms with Crippen LogP contribution in [0.25, 0.3) is 0 Å². The maximum Gasteiger partial charge on any atom is 1.00 e. The Kier molecular flexibility index (Phi) is 6.94. The second-order valence-corrected chi connectivity index (χ2v) is 3.20. The van der Waals surface area contributed by atoms with Gasteiger partial charge in [0.05, 0.1) is 0 Å². The van der Waals surface area contributed by atoms with Crippen LogP contribution in [-0.4, -0.2) is 29.1 Å². The first-order chi connectivity index (χ1) is 4.70. The van der Waals surface area contributed by atoms with Crippen molar-refractivity contribution >= 4 is 0 Å². The first-order valence-corrected chi connectivity index (χ1v) is 3.98. The molecule has 0 radical (unpaired) electrons. The number of hydrogen-bond acceptors (Lipinski definition) is 2. The zero-order valence-electron chi connectivity index (χ0n) is 7.80. The molecule has 1 saturated heterocycles. The summed E-state index contributed by atoms with van der Waals surface area (Å²) in [5.74, 6) is 0. The quantitative estimate of drug-likeness (QED) is 0.389. The molecule has 1 fully saturated rings. The Morgan fingerprint density at radius 3 is 2.09 bits per heavy atom. The molecule has 11 heavy (non-hydrogen) atoms. The van der Waals surface area contributed by atoms with E-state index in [1.54, 1.807) is 0 Å². The van der Waals surface area contributed by atoms with Gasteiger partial charge < -0.3 is 10.0 Å². The fourth-order valence-electron chi connectivity index (χ4n) is 1.30. The molecule has 0 spiro atoms. The van der Waals surface area contributed by atoms with Gasteiger partial charge in [0.15, 0.2) is 0 Å². The Labute approximate surface area is 112 Å². The fraction of sp³-hybridized carbons (Fsp3) is 0.875. The third-order valence-electron chi connectivity index (χ3n) is 2.11. The van der Waals surface area contributed by atoms with E-state index in [0.717, 1.165) is 25.9 Å². The molecule has 2 nitrogen and oxygen atoms in total. The molecule has 1 heterocycles. The second kappa shape index (κ2) is 6.08. The van der Waals surface area contributed by atoms with Gasteiger partial charge in [0.1, 0.15) is 0 Å². The number of aliphatic hydroxyl groups excluding tert-OH is 1. The van der Waals surface area contributed by atoms with Gasteiger partial charge in [0.2, 0.25) is 0 Å². The monoisotopic (exact) mass is 181 g/mol. The van der Waals surface area contributed by atoms with E-state index in [1.165, 1.54) is 0 Å². The predicted molar refractivity (Wildman–Crippen MR) is 41.1 cm³/mol. The molecule has 0 amide bonds. The molecule has 0 atom stereocenters. The van der Waals surface area contributed by atoms with Gasteiger partial charge >= 0.3 is 51.4 Å². The number of rotatable bonds is 1. The zero-order valence-corrected chi connectivity index (χ0v) is 10.9. The van der Waals surface area contributed by atoms with Gasteiger partial charge in [-0.1, -0.05) is 0 Å². The van der Waals surface area contributed by atoms with E-state index in [1.807, 2.05) is 0 Å². The Morgan fingerprint density at radius 2 is 1.73 bits per heavy atom. The van der Waals surface area contributed by atoms with Crippen LogP contribution in [0, 0.1) is 6.10 Å². The van der Waals surface area contributed by atoms with E-state index in [4.69, 9.17) is 5.11 Å². The van der Waals surface area contributed by atoms with Crippen molar-refractivity contribution in [3.8, 4) is 0 Å². The summed E-state index contributed by atoms with van der Waals surface area (Å²) in [5.41, 5.74) is 0. The van der Waals surface area contributed by atoms with E-state index in [9.17, 15) is 0 Å². The van der Waals surface area contributed by atoms with Crippen LogP contribution in [0.3, 0.4) is 0 Å². The first kappa shape index (κ1) is 12.6. The van der Waals surface area contributed by atoms with Crippen LogP contribution in [0.15, 0.2) is 0 Å². The molecular weight excluding hydrogens is 165 g/mol. The van der Waals surface area contributed by atoms with Crippen molar-refractivity contribution in [3.05, 3.63) is 6.10 Å². The van der Waals surface area contributed by atoms with E-state index < -0.39 is 0 Å². The Bertz CT molecular complexity index is 100. The molecule has 0 aliphatic carbocycles. The number of nitrogens with zero attached hydrogens (tertiary/aromatic N) is 1. The van der Waals surface area contributed by atoms with Gasteiger partial charge in [-0.15, -0.1) is 12.8 Å². The molecule has 0 aromatic rings. The van der Waals surface area contributed by atoms with Crippen molar-refractivity contribution in [2.45, 2.75) is 32.7 Å². The molecule has 0 saturated carbocycles. The van der Waals surface area contributed by atoms with Gasteiger partial charge in [-0.25, -0.2) is 0 Å². The maximum atomic E-state index is 9.10. The number of aliphatic hydroxyl groups is 1. The average Bonchev–Trinajstić information content (AvgIpc) is 1.88. The summed E-state index contributed by atoms with van der Waals surface area (Å²) >= 11 is 0. The molecule has 1 aliphatic heterocycles. The SMILES string of the molecule is CC(C)N1CC[C-](O)CC1.[K+]. The number of likely N-dealkylation sites (tertiary alicyclic amines) is 1. The molecule has 0 aromatic heterocycles. The Balaban J connectivity index is 0.000001000. The average molecular weight is 181 g/mol. The van der Waals surface area contributed by atoms with Crippen LogP contribution in [0.4, 0.5) is 0 Å². The van der Waals surface area contributed by atoms with Gasteiger partial charge in [0.25, 0.3) is 0 Å². The van der Waals surface area contributed by atoms with Crippen molar-refractivity contribution in [3.63, 3.8) is 0 Å². The zero-order chi connectivity index (χ0) is 7.56. The molecule has 1 aliphatic rings. The minimum absolute atomic E-state index is 0. The third kappa shape index (κ3) is 4.36. The molecule has 1 N–H and O–H groups in total. The van der Waals surface area contributed by atoms with Crippen molar-refractivity contribution < 1.29 is 56.5 Å². The minimum Gasteiger partial charge on any atom is -0.563 e. The Morgan fingerprint density at radius 1 is 1.27 bits per heavy atom. The van der Waals surface area contributed by atoms with Gasteiger partial charge in [-0.05, 0) is 26.9 Å². The standard InChI is InChI=1S/C8H16NO.K/c1-7(2)9-5-3-8(10)4-6-9;/h7,10H,3-6H2,1-2H3;/q-1;+1. The molecule has 0 bridgehead atoms. The van der Waals surface area contributed by atoms with Crippen LogP contribution in [0.1, 0.15) is 26.7 Å². The minimum atomic E-state index is 0. The largest absolute Gasteiger partial charge is 1.00 e. The van der Waals surface area contributed by atoms with Crippen LogP contribution in [-0.2, 0) is 0 Å². The third-order valence-corrected chi connectivity index (χ3v) is 2.11. The molecule has 3 heteroatoms. The van der Waals surface area contributed by atoms with Crippen LogP contribution < -0.4 is 51.4 Å². The number of piperidine rings is 1. The van der Waals surface area contributed by atoms with E-state index >= 15 is 0 Å². The Hall–Kier alpha value is 1.56. The van der Waals surface area contributed by atoms with E-state index in [0.29, 0.717) is 12.1 Å². The summed E-state index contributed by atoms with van der Waals surface area (Å²) in [6.45, 7) is 6.46. The van der Waals surface area contributed by atoms with Gasteiger partial charge in [0, 0.05) is 6.04 Å². The van der Waals surface area contributed by atoms with E-state index in [2.05, 4.69) is 18.7 Å². The molecule has 60 valence electrons. The summed E-state index contributed by atoms with van der Waals surface area (Å²) in [5, 5.41) is 9.10. The van der Waals surface area contributed by atoms with Gasteiger partial charge in [-0.3, -0.25) is 0 Å². The molecule has 0 aromatic carbocycles.